The second-order valence-corrected chi connectivity index (χ2v) is 6.39. The number of rotatable bonds is 6. The Hall–Kier alpha value is -1.81. The highest BCUT2D eigenvalue weighted by Gasteiger charge is 2.21. The Morgan fingerprint density at radius 2 is 2.00 bits per heavy atom. The molecule has 2 N–H and O–H groups in total. The van der Waals surface area contributed by atoms with E-state index in [1.165, 1.54) is 0 Å². The zero-order valence-corrected chi connectivity index (χ0v) is 14.0. The number of carbonyl (C=O) groups excluding carboxylic acids is 1. The molecule has 0 heterocycles. The van der Waals surface area contributed by atoms with Gasteiger partial charge in [0.25, 0.3) is 0 Å². The Kier molecular flexibility index (Phi) is 6.66. The summed E-state index contributed by atoms with van der Waals surface area (Å²) in [6.45, 7) is 2.23. The van der Waals surface area contributed by atoms with Crippen molar-refractivity contribution in [1.82, 2.24) is 5.32 Å². The summed E-state index contributed by atoms with van der Waals surface area (Å²) in [7, 11) is 1.66. The number of hydrogen-bond donors (Lipinski definition) is 2. The number of benzene rings is 1. The zero-order valence-electron chi connectivity index (χ0n) is 14.0. The molecule has 126 valence electrons. The van der Waals surface area contributed by atoms with Crippen LogP contribution in [0.25, 0.3) is 0 Å². The standard InChI is InChI=1S/C19H27NO3/c1-14(11-16-5-3-4-6-18(16)23-2)12-19(22)20-17-9-7-15(13-21)8-10-17/h3-6,12,15,17,21H,7-11,13H2,1-2H3,(H,20,22)/b14-12+. The Balaban J connectivity index is 1.86. The molecule has 1 amide bonds. The van der Waals surface area contributed by atoms with Gasteiger partial charge >= 0.3 is 0 Å². The van der Waals surface area contributed by atoms with Gasteiger partial charge in [-0.1, -0.05) is 23.8 Å². The molecule has 0 spiro atoms. The van der Waals surface area contributed by atoms with E-state index in [1.54, 1.807) is 13.2 Å². The maximum atomic E-state index is 12.1. The summed E-state index contributed by atoms with van der Waals surface area (Å²) >= 11 is 0. The Bertz CT molecular complexity index is 545. The molecular formula is C19H27NO3. The Labute approximate surface area is 138 Å². The number of carbonyl (C=O) groups is 1. The highest BCUT2D eigenvalue weighted by Crippen LogP contribution is 2.24. The smallest absolute Gasteiger partial charge is 0.244 e. The second-order valence-electron chi connectivity index (χ2n) is 6.39. The molecule has 1 aliphatic carbocycles. The van der Waals surface area contributed by atoms with Gasteiger partial charge < -0.3 is 15.2 Å². The molecule has 4 heteroatoms. The Morgan fingerprint density at radius 1 is 1.30 bits per heavy atom. The third-order valence-electron chi connectivity index (χ3n) is 4.49. The molecule has 2 rings (SSSR count). The van der Waals surface area contributed by atoms with Gasteiger partial charge in [0.1, 0.15) is 5.75 Å². The van der Waals surface area contributed by atoms with E-state index in [2.05, 4.69) is 5.32 Å². The van der Waals surface area contributed by atoms with E-state index in [1.807, 2.05) is 31.2 Å². The van der Waals surface area contributed by atoms with Crippen LogP contribution in [0.5, 0.6) is 5.75 Å². The monoisotopic (exact) mass is 317 g/mol. The van der Waals surface area contributed by atoms with Crippen LogP contribution in [-0.4, -0.2) is 30.8 Å². The molecule has 4 nitrogen and oxygen atoms in total. The minimum Gasteiger partial charge on any atom is -0.496 e. The van der Waals surface area contributed by atoms with Gasteiger partial charge in [-0.2, -0.15) is 0 Å². The first kappa shape index (κ1) is 17.5. The largest absolute Gasteiger partial charge is 0.496 e. The number of hydrogen-bond acceptors (Lipinski definition) is 3. The van der Waals surface area contributed by atoms with Crippen molar-refractivity contribution < 1.29 is 14.6 Å². The van der Waals surface area contributed by atoms with Gasteiger partial charge in [-0.3, -0.25) is 4.79 Å². The lowest BCUT2D eigenvalue weighted by Gasteiger charge is -2.27. The fourth-order valence-corrected chi connectivity index (χ4v) is 3.16. The summed E-state index contributed by atoms with van der Waals surface area (Å²) in [5.41, 5.74) is 2.09. The van der Waals surface area contributed by atoms with Crippen molar-refractivity contribution in [3.8, 4) is 5.75 Å². The van der Waals surface area contributed by atoms with Crippen LogP contribution in [0.1, 0.15) is 38.2 Å². The van der Waals surface area contributed by atoms with Gasteiger partial charge in [-0.15, -0.1) is 0 Å². The first-order chi connectivity index (χ1) is 11.1. The molecule has 1 fully saturated rings. The van der Waals surface area contributed by atoms with Gasteiger partial charge in [0.15, 0.2) is 0 Å². The van der Waals surface area contributed by atoms with Crippen molar-refractivity contribution in [2.75, 3.05) is 13.7 Å². The predicted octanol–water partition coefficient (Wildman–Crippen LogP) is 2.85. The van der Waals surface area contributed by atoms with Crippen molar-refractivity contribution in [1.29, 1.82) is 0 Å². The van der Waals surface area contributed by atoms with E-state index >= 15 is 0 Å². The quantitative estimate of drug-likeness (QED) is 0.793. The summed E-state index contributed by atoms with van der Waals surface area (Å²) in [5.74, 6) is 1.24. The minimum absolute atomic E-state index is 0.0233. The van der Waals surface area contributed by atoms with Crippen molar-refractivity contribution in [3.05, 3.63) is 41.5 Å². The molecule has 1 aromatic carbocycles. The number of aliphatic hydroxyl groups is 1. The fourth-order valence-electron chi connectivity index (χ4n) is 3.16. The molecule has 1 aliphatic rings. The van der Waals surface area contributed by atoms with E-state index in [0.717, 1.165) is 42.6 Å². The highest BCUT2D eigenvalue weighted by atomic mass is 16.5. The number of para-hydroxylation sites is 1. The summed E-state index contributed by atoms with van der Waals surface area (Å²) in [6.07, 6.45) is 6.28. The molecule has 0 aromatic heterocycles. The number of allylic oxidation sites excluding steroid dienone is 1. The van der Waals surface area contributed by atoms with Crippen molar-refractivity contribution in [3.63, 3.8) is 0 Å². The average Bonchev–Trinajstić information content (AvgIpc) is 2.55. The summed E-state index contributed by atoms with van der Waals surface area (Å²) in [5, 5.41) is 12.2. The molecule has 1 saturated carbocycles. The van der Waals surface area contributed by atoms with Crippen molar-refractivity contribution in [2.24, 2.45) is 5.92 Å². The number of ether oxygens (including phenoxy) is 1. The van der Waals surface area contributed by atoms with Crippen molar-refractivity contribution >= 4 is 5.91 Å². The van der Waals surface area contributed by atoms with Crippen LogP contribution in [0.3, 0.4) is 0 Å². The summed E-state index contributed by atoms with van der Waals surface area (Å²) in [6, 6.07) is 8.11. The van der Waals surface area contributed by atoms with Crippen LogP contribution < -0.4 is 10.1 Å². The van der Waals surface area contributed by atoms with E-state index in [-0.39, 0.29) is 18.6 Å². The first-order valence-electron chi connectivity index (χ1n) is 8.32. The molecule has 0 unspecified atom stereocenters. The number of amides is 1. The number of nitrogens with one attached hydrogen (secondary N) is 1. The van der Waals surface area contributed by atoms with Crippen molar-refractivity contribution in [2.45, 2.75) is 45.1 Å². The third-order valence-corrected chi connectivity index (χ3v) is 4.49. The van der Waals surface area contributed by atoms with Crippen LogP contribution >= 0.6 is 0 Å². The molecule has 1 aromatic rings. The number of aliphatic hydroxyl groups excluding tert-OH is 1. The average molecular weight is 317 g/mol. The summed E-state index contributed by atoms with van der Waals surface area (Å²) < 4.78 is 5.35. The molecular weight excluding hydrogens is 290 g/mol. The third kappa shape index (κ3) is 5.39. The highest BCUT2D eigenvalue weighted by molar-refractivity contribution is 5.88. The minimum atomic E-state index is -0.0233. The molecule has 0 atom stereocenters. The van der Waals surface area contributed by atoms with Gasteiger partial charge in [-0.25, -0.2) is 0 Å². The molecule has 0 aliphatic heterocycles. The van der Waals surface area contributed by atoms with Gasteiger partial charge in [0.05, 0.1) is 7.11 Å². The van der Waals surface area contributed by atoms with E-state index in [4.69, 9.17) is 9.84 Å². The molecule has 0 radical (unpaired) electrons. The molecule has 0 saturated heterocycles. The normalized spacial score (nSPS) is 21.8. The van der Waals surface area contributed by atoms with Crippen LogP contribution in [0.15, 0.2) is 35.9 Å². The lowest BCUT2D eigenvalue weighted by molar-refractivity contribution is -0.117. The van der Waals surface area contributed by atoms with E-state index in [9.17, 15) is 4.79 Å². The molecule has 23 heavy (non-hydrogen) atoms. The van der Waals surface area contributed by atoms with Crippen LogP contribution in [0.2, 0.25) is 0 Å². The maximum Gasteiger partial charge on any atom is 0.244 e. The lowest BCUT2D eigenvalue weighted by Crippen LogP contribution is -2.37. The second kappa shape index (κ2) is 8.73. The summed E-state index contributed by atoms with van der Waals surface area (Å²) in [4.78, 5) is 12.1. The maximum absolute atomic E-state index is 12.1. The van der Waals surface area contributed by atoms with Gasteiger partial charge in [-0.05, 0) is 56.6 Å². The zero-order chi connectivity index (χ0) is 16.7. The van der Waals surface area contributed by atoms with Gasteiger partial charge in [0.2, 0.25) is 5.91 Å². The number of methoxy groups -OCH3 is 1. The SMILES string of the molecule is COc1ccccc1C/C(C)=C/C(=O)NC1CCC(CO)CC1. The van der Waals surface area contributed by atoms with Gasteiger partial charge in [0, 0.05) is 18.7 Å². The topological polar surface area (TPSA) is 58.6 Å². The van der Waals surface area contributed by atoms with E-state index in [0.29, 0.717) is 12.3 Å². The fraction of sp³-hybridized carbons (Fsp3) is 0.526. The lowest BCUT2D eigenvalue weighted by atomic mass is 9.86. The van der Waals surface area contributed by atoms with Crippen LogP contribution in [-0.2, 0) is 11.2 Å². The van der Waals surface area contributed by atoms with Crippen LogP contribution in [0, 0.1) is 5.92 Å². The van der Waals surface area contributed by atoms with Crippen LogP contribution in [0.4, 0.5) is 0 Å². The first-order valence-corrected chi connectivity index (χ1v) is 8.32. The Morgan fingerprint density at radius 3 is 2.65 bits per heavy atom. The molecule has 0 bridgehead atoms. The van der Waals surface area contributed by atoms with E-state index < -0.39 is 0 Å². The predicted molar refractivity (Wildman–Crippen MR) is 91.4 cm³/mol.